The summed E-state index contributed by atoms with van der Waals surface area (Å²) < 4.78 is 46.2. The lowest BCUT2D eigenvalue weighted by atomic mass is 10.1. The van der Waals surface area contributed by atoms with Crippen LogP contribution in [0.15, 0.2) is 36.5 Å². The van der Waals surface area contributed by atoms with Crippen molar-refractivity contribution in [3.63, 3.8) is 0 Å². The summed E-state index contributed by atoms with van der Waals surface area (Å²) in [6.07, 6.45) is 1.36. The minimum Gasteiger partial charge on any atom is -0.382 e. The number of anilines is 1. The number of nitrogens with one attached hydrogen (secondary N) is 2. The van der Waals surface area contributed by atoms with Gasteiger partial charge in [-0.2, -0.15) is 0 Å². The van der Waals surface area contributed by atoms with Gasteiger partial charge in [0.15, 0.2) is 0 Å². The van der Waals surface area contributed by atoms with E-state index in [1.54, 1.807) is 0 Å². The second kappa shape index (κ2) is 9.72. The summed E-state index contributed by atoms with van der Waals surface area (Å²) in [5, 5.41) is 4.51. The number of methoxy groups -OCH3 is 1. The van der Waals surface area contributed by atoms with E-state index in [-0.39, 0.29) is 23.0 Å². The summed E-state index contributed by atoms with van der Waals surface area (Å²) in [5.41, 5.74) is 6.64. The molecule has 0 bridgehead atoms. The van der Waals surface area contributed by atoms with Gasteiger partial charge in [0.25, 0.3) is 5.92 Å². The van der Waals surface area contributed by atoms with Crippen molar-refractivity contribution in [2.24, 2.45) is 5.73 Å². The van der Waals surface area contributed by atoms with E-state index in [0.717, 1.165) is 11.0 Å². The highest BCUT2D eigenvalue weighted by atomic mass is 35.5. The van der Waals surface area contributed by atoms with Crippen molar-refractivity contribution in [1.29, 1.82) is 0 Å². The van der Waals surface area contributed by atoms with Crippen molar-refractivity contribution >= 4 is 29.4 Å². The Labute approximate surface area is 186 Å². The number of amides is 3. The minimum atomic E-state index is -3.10. The Hall–Kier alpha value is -2.89. The van der Waals surface area contributed by atoms with Crippen LogP contribution in [0.4, 0.5) is 23.8 Å². The molecule has 2 aromatic rings. The van der Waals surface area contributed by atoms with Crippen LogP contribution >= 0.6 is 11.6 Å². The molecule has 1 aliphatic rings. The highest BCUT2D eigenvalue weighted by Crippen LogP contribution is 2.29. The largest absolute Gasteiger partial charge is 0.382 e. The number of pyridine rings is 1. The van der Waals surface area contributed by atoms with Crippen molar-refractivity contribution < 1.29 is 27.5 Å². The van der Waals surface area contributed by atoms with Gasteiger partial charge in [-0.15, -0.1) is 0 Å². The number of hydrogen-bond acceptors (Lipinski definition) is 5. The summed E-state index contributed by atoms with van der Waals surface area (Å²) in [6, 6.07) is 3.96. The van der Waals surface area contributed by atoms with Gasteiger partial charge in [-0.05, 0) is 35.4 Å². The highest BCUT2D eigenvalue weighted by molar-refractivity contribution is 6.30. The Kier molecular flexibility index (Phi) is 7.22. The van der Waals surface area contributed by atoms with Gasteiger partial charge in [0, 0.05) is 13.3 Å². The van der Waals surface area contributed by atoms with Crippen LogP contribution in [0.5, 0.6) is 0 Å². The first-order valence-corrected chi connectivity index (χ1v) is 9.87. The number of aromatic nitrogens is 1. The molecule has 32 heavy (non-hydrogen) atoms. The van der Waals surface area contributed by atoms with Crippen LogP contribution in [0.2, 0.25) is 5.02 Å². The topological polar surface area (TPSA) is 110 Å². The van der Waals surface area contributed by atoms with Crippen LogP contribution in [-0.2, 0) is 9.53 Å². The molecule has 172 valence electrons. The average Bonchev–Trinajstić information content (AvgIpc) is 2.75. The lowest BCUT2D eigenvalue weighted by Crippen LogP contribution is -2.58. The van der Waals surface area contributed by atoms with Gasteiger partial charge in [0.1, 0.15) is 17.7 Å². The van der Waals surface area contributed by atoms with Crippen molar-refractivity contribution in [2.75, 3.05) is 32.1 Å². The Morgan fingerprint density at radius 3 is 2.81 bits per heavy atom. The predicted molar refractivity (Wildman–Crippen MR) is 111 cm³/mol. The molecule has 8 nitrogen and oxygen atoms in total. The van der Waals surface area contributed by atoms with Gasteiger partial charge in [-0.25, -0.2) is 22.9 Å². The van der Waals surface area contributed by atoms with E-state index in [1.807, 2.05) is 0 Å². The molecule has 4 N–H and O–H groups in total. The fourth-order valence-corrected chi connectivity index (χ4v) is 3.43. The molecule has 1 saturated heterocycles. The van der Waals surface area contributed by atoms with Crippen LogP contribution in [0, 0.1) is 5.82 Å². The molecule has 0 spiro atoms. The molecule has 2 atom stereocenters. The zero-order valence-electron chi connectivity index (χ0n) is 16.9. The molecule has 0 unspecified atom stereocenters. The number of halogens is 4. The minimum absolute atomic E-state index is 0.0610. The second-order valence-electron chi connectivity index (χ2n) is 7.23. The molecular formula is C20H21ClF3N5O3. The van der Waals surface area contributed by atoms with Gasteiger partial charge in [0.2, 0.25) is 5.91 Å². The van der Waals surface area contributed by atoms with E-state index >= 15 is 0 Å². The van der Waals surface area contributed by atoms with Crippen LogP contribution in [-0.4, -0.2) is 54.6 Å². The maximum absolute atomic E-state index is 13.9. The maximum atomic E-state index is 13.9. The molecular weight excluding hydrogens is 451 g/mol. The molecule has 0 radical (unpaired) electrons. The number of ether oxygens (including phenoxy) is 1. The molecule has 1 aromatic heterocycles. The molecule has 2 heterocycles. The quantitative estimate of drug-likeness (QED) is 0.575. The van der Waals surface area contributed by atoms with Crippen molar-refractivity contribution in [1.82, 2.24) is 15.2 Å². The summed E-state index contributed by atoms with van der Waals surface area (Å²) >= 11 is 5.74. The lowest BCUT2D eigenvalue weighted by Gasteiger charge is -2.38. The zero-order chi connectivity index (χ0) is 23.5. The normalized spacial score (nSPS) is 17.4. The maximum Gasteiger partial charge on any atom is 0.318 e. The Morgan fingerprint density at radius 1 is 1.38 bits per heavy atom. The fraction of sp³-hybridized carbons (Fsp3) is 0.350. The van der Waals surface area contributed by atoms with Crippen molar-refractivity contribution in [2.45, 2.75) is 18.0 Å². The van der Waals surface area contributed by atoms with Gasteiger partial charge in [-0.1, -0.05) is 17.7 Å². The number of alkyl halides is 2. The number of urea groups is 1. The van der Waals surface area contributed by atoms with Gasteiger partial charge < -0.3 is 26.0 Å². The molecule has 3 amide bonds. The molecule has 1 aliphatic heterocycles. The zero-order valence-corrected chi connectivity index (χ0v) is 17.7. The monoisotopic (exact) mass is 471 g/mol. The number of carbonyl (C=O) groups is 2. The first-order valence-electron chi connectivity index (χ1n) is 9.50. The standard InChI is InChI=1S/C20H21ClF3N5O3/c1-32-8-15(29-10-20(23,24)9-27-19(29)31)11-4-5-26-16(7-11)28-18(30)17(25)12-2-3-14(22)13(21)6-12/h2-7,15,17H,8-10,25H2,1H3,(H,27,31)(H,26,28,30)/t15-,17+/m1/s1. The number of hydrogen-bond donors (Lipinski definition) is 3. The molecule has 0 saturated carbocycles. The molecule has 1 aromatic carbocycles. The Bertz CT molecular complexity index is 1010. The average molecular weight is 472 g/mol. The first-order chi connectivity index (χ1) is 15.1. The number of nitrogens with two attached hydrogens (primary N) is 1. The lowest BCUT2D eigenvalue weighted by molar-refractivity contribution is -0.117. The Balaban J connectivity index is 1.80. The third kappa shape index (κ3) is 5.47. The van der Waals surface area contributed by atoms with Gasteiger partial charge in [0.05, 0.1) is 30.8 Å². The number of rotatable bonds is 7. The summed E-state index contributed by atoms with van der Waals surface area (Å²) in [7, 11) is 1.38. The van der Waals surface area contributed by atoms with E-state index < -0.39 is 48.9 Å². The van der Waals surface area contributed by atoms with Crippen LogP contribution in [0.25, 0.3) is 0 Å². The summed E-state index contributed by atoms with van der Waals surface area (Å²) in [6.45, 7) is -1.59. The molecule has 12 heteroatoms. The highest BCUT2D eigenvalue weighted by Gasteiger charge is 2.42. The van der Waals surface area contributed by atoms with E-state index in [0.29, 0.717) is 5.56 Å². The van der Waals surface area contributed by atoms with E-state index in [4.69, 9.17) is 22.1 Å². The van der Waals surface area contributed by atoms with Gasteiger partial charge in [-0.3, -0.25) is 4.79 Å². The predicted octanol–water partition coefficient (Wildman–Crippen LogP) is 2.86. The van der Waals surface area contributed by atoms with E-state index in [2.05, 4.69) is 15.6 Å². The van der Waals surface area contributed by atoms with Crippen LogP contribution in [0.1, 0.15) is 23.2 Å². The number of nitrogens with zero attached hydrogens (tertiary/aromatic N) is 2. The molecule has 3 rings (SSSR count). The first kappa shape index (κ1) is 23.8. The Morgan fingerprint density at radius 2 is 2.12 bits per heavy atom. The van der Waals surface area contributed by atoms with Crippen molar-refractivity contribution in [3.8, 4) is 0 Å². The summed E-state index contributed by atoms with van der Waals surface area (Å²) in [5.74, 6) is -4.31. The van der Waals surface area contributed by atoms with Crippen molar-refractivity contribution in [3.05, 3.63) is 58.5 Å². The molecule has 0 aliphatic carbocycles. The molecule has 1 fully saturated rings. The van der Waals surface area contributed by atoms with Crippen LogP contribution < -0.4 is 16.4 Å². The van der Waals surface area contributed by atoms with Gasteiger partial charge >= 0.3 is 6.03 Å². The van der Waals surface area contributed by atoms with Crippen LogP contribution in [0.3, 0.4) is 0 Å². The summed E-state index contributed by atoms with van der Waals surface area (Å²) in [4.78, 5) is 29.8. The fourth-order valence-electron chi connectivity index (χ4n) is 3.24. The SMILES string of the molecule is COC[C@H](c1ccnc(NC(=O)[C@@H](N)c2ccc(F)c(Cl)c2)c1)N1CC(F)(F)CNC1=O. The third-order valence-corrected chi connectivity index (χ3v) is 5.16. The third-order valence-electron chi connectivity index (χ3n) is 4.87. The van der Waals surface area contributed by atoms with E-state index in [9.17, 15) is 22.8 Å². The number of carbonyl (C=O) groups excluding carboxylic acids is 2. The second-order valence-corrected chi connectivity index (χ2v) is 7.64. The smallest absolute Gasteiger partial charge is 0.318 e. The van der Waals surface area contributed by atoms with E-state index in [1.165, 1.54) is 37.6 Å². The number of benzene rings is 1.